The smallest absolute Gasteiger partial charge is 0.303 e. The first kappa shape index (κ1) is 48.8. The third-order valence-corrected chi connectivity index (χ3v) is 15.3. The summed E-state index contributed by atoms with van der Waals surface area (Å²) in [6.45, 7) is 6.02. The van der Waals surface area contributed by atoms with Crippen LogP contribution in [0, 0.1) is 28.6 Å². The molecule has 5 aliphatic rings. The number of ether oxygens (including phenoxy) is 2. The van der Waals surface area contributed by atoms with Crippen LogP contribution >= 0.6 is 0 Å². The van der Waals surface area contributed by atoms with Crippen molar-refractivity contribution in [2.24, 2.45) is 28.6 Å². The zero-order valence-electron chi connectivity index (χ0n) is 37.8. The molecule has 3 amide bonds. The van der Waals surface area contributed by atoms with Gasteiger partial charge in [-0.25, -0.2) is 8.78 Å². The lowest BCUT2D eigenvalue weighted by atomic mass is 9.44. The van der Waals surface area contributed by atoms with Crippen LogP contribution in [0.3, 0.4) is 0 Å². The summed E-state index contributed by atoms with van der Waals surface area (Å²) < 4.78 is 46.8. The number of ketones is 2. The molecule has 0 bridgehead atoms. The maximum atomic E-state index is 17.8. The lowest BCUT2D eigenvalue weighted by Gasteiger charge is -2.63. The molecule has 4 fully saturated rings. The number of benzene rings is 2. The van der Waals surface area contributed by atoms with Gasteiger partial charge in [0.1, 0.15) is 18.8 Å². The number of carboxylic acid groups (broad SMARTS) is 1. The quantitative estimate of drug-likeness (QED) is 0.109. The Morgan fingerprint density at radius 1 is 0.970 bits per heavy atom. The van der Waals surface area contributed by atoms with Crippen LogP contribution in [-0.4, -0.2) is 99.4 Å². The van der Waals surface area contributed by atoms with Crippen molar-refractivity contribution in [1.29, 1.82) is 0 Å². The van der Waals surface area contributed by atoms with Crippen LogP contribution in [0.4, 0.5) is 14.5 Å². The Kier molecular flexibility index (Phi) is 14.2. The molecule has 66 heavy (non-hydrogen) atoms. The number of allylic oxidation sites excluding steroid dienone is 4. The SMILES string of the molecule is CCCC(CC)CC(=O)NCC(=O)N[C@@H](CCC(=O)O)C(=O)Nc1cccc(Cc2ccc([C@@H]3O[C@@H]4C[C@H]5[C@@H]6C[C@H](F)C7=CC(=O)C=C[C@]7(C)[C@@]6(F)[C@@H](O)C[C@]5(C)[C@]4(C(=O)CO)O3)cc2)c1. The highest BCUT2D eigenvalue weighted by molar-refractivity contribution is 6.01. The Balaban J connectivity index is 1.01. The van der Waals surface area contributed by atoms with Gasteiger partial charge in [-0.3, -0.25) is 28.8 Å². The van der Waals surface area contributed by atoms with Crippen LogP contribution in [-0.2, 0) is 44.7 Å². The first-order chi connectivity index (χ1) is 31.3. The average Bonchev–Trinajstić information content (AvgIpc) is 3.78. The highest BCUT2D eigenvalue weighted by atomic mass is 19.1. The van der Waals surface area contributed by atoms with Crippen LogP contribution in [0.2, 0.25) is 0 Å². The van der Waals surface area contributed by atoms with E-state index in [1.54, 1.807) is 37.3 Å². The van der Waals surface area contributed by atoms with E-state index in [0.717, 1.165) is 36.5 Å². The topological polar surface area (TPSA) is 218 Å². The number of nitrogens with one attached hydrogen (secondary N) is 3. The summed E-state index contributed by atoms with van der Waals surface area (Å²) in [4.78, 5) is 76.2. The molecule has 16 heteroatoms. The molecule has 7 rings (SSSR count). The largest absolute Gasteiger partial charge is 0.481 e. The number of carbonyl (C=O) groups excluding carboxylic acids is 5. The lowest BCUT2D eigenvalue weighted by molar-refractivity contribution is -0.235. The van der Waals surface area contributed by atoms with E-state index < -0.39 is 101 Å². The minimum absolute atomic E-state index is 0.00502. The van der Waals surface area contributed by atoms with Crippen LogP contribution in [0.5, 0.6) is 0 Å². The van der Waals surface area contributed by atoms with Crippen molar-refractivity contribution < 1.29 is 62.3 Å². The number of anilines is 1. The van der Waals surface area contributed by atoms with Gasteiger partial charge in [-0.05, 0) is 91.8 Å². The Morgan fingerprint density at radius 2 is 1.71 bits per heavy atom. The van der Waals surface area contributed by atoms with Gasteiger partial charge in [0.2, 0.25) is 17.7 Å². The van der Waals surface area contributed by atoms with Crippen molar-refractivity contribution in [2.45, 2.75) is 134 Å². The van der Waals surface area contributed by atoms with E-state index in [4.69, 9.17) is 9.47 Å². The Labute approximate surface area is 383 Å². The number of Topliss-reactive ketones (excluding diaryl/α,β-unsaturated/α-hetero) is 1. The summed E-state index contributed by atoms with van der Waals surface area (Å²) in [5.41, 5.74) is -4.37. The van der Waals surface area contributed by atoms with Crippen molar-refractivity contribution in [3.63, 3.8) is 0 Å². The molecule has 14 nitrogen and oxygen atoms in total. The third kappa shape index (κ3) is 8.77. The molecule has 6 N–H and O–H groups in total. The van der Waals surface area contributed by atoms with E-state index in [9.17, 15) is 44.1 Å². The predicted octanol–water partition coefficient (Wildman–Crippen LogP) is 5.54. The number of halogens is 2. The van der Waals surface area contributed by atoms with Crippen LogP contribution in [0.15, 0.2) is 72.3 Å². The molecule has 1 unspecified atom stereocenters. The van der Waals surface area contributed by atoms with Gasteiger partial charge in [0.05, 0.1) is 18.8 Å². The van der Waals surface area contributed by atoms with E-state index in [0.29, 0.717) is 17.7 Å². The number of hydrogen-bond acceptors (Lipinski definition) is 10. The Hall–Kier alpha value is -5.16. The number of amides is 3. The van der Waals surface area contributed by atoms with Gasteiger partial charge >= 0.3 is 5.97 Å². The van der Waals surface area contributed by atoms with Crippen LogP contribution in [0.1, 0.15) is 108 Å². The van der Waals surface area contributed by atoms with Crippen molar-refractivity contribution >= 4 is 40.9 Å². The van der Waals surface area contributed by atoms with Gasteiger partial charge in [-0.2, -0.15) is 0 Å². The summed E-state index contributed by atoms with van der Waals surface area (Å²) in [5.74, 6) is -5.33. The van der Waals surface area contributed by atoms with Crippen molar-refractivity contribution in [3.05, 3.63) is 89.0 Å². The predicted molar refractivity (Wildman–Crippen MR) is 237 cm³/mol. The molecule has 356 valence electrons. The average molecular weight is 918 g/mol. The van der Waals surface area contributed by atoms with Crippen molar-refractivity contribution in [3.8, 4) is 0 Å². The number of alkyl halides is 2. The van der Waals surface area contributed by atoms with Gasteiger partial charge in [0.15, 0.2) is 29.1 Å². The second-order valence-electron chi connectivity index (χ2n) is 19.2. The molecule has 1 saturated heterocycles. The zero-order chi connectivity index (χ0) is 47.8. The maximum absolute atomic E-state index is 17.8. The molecular weight excluding hydrogens is 857 g/mol. The van der Waals surface area contributed by atoms with E-state index in [-0.39, 0.29) is 62.5 Å². The number of rotatable bonds is 18. The molecule has 3 saturated carbocycles. The van der Waals surface area contributed by atoms with Gasteiger partial charge in [0.25, 0.3) is 0 Å². The summed E-state index contributed by atoms with van der Waals surface area (Å²) in [6.07, 6.45) is 0.731. The second-order valence-corrected chi connectivity index (χ2v) is 19.2. The maximum Gasteiger partial charge on any atom is 0.303 e. The fourth-order valence-electron chi connectivity index (χ4n) is 11.9. The van der Waals surface area contributed by atoms with Crippen molar-refractivity contribution in [2.75, 3.05) is 18.5 Å². The van der Waals surface area contributed by atoms with Crippen LogP contribution in [0.25, 0.3) is 0 Å². The molecule has 0 spiro atoms. The minimum Gasteiger partial charge on any atom is -0.481 e. The summed E-state index contributed by atoms with van der Waals surface area (Å²) in [5, 5.41) is 39.4. The van der Waals surface area contributed by atoms with E-state index >= 15 is 8.78 Å². The molecule has 2 aromatic carbocycles. The number of carboxylic acids is 1. The van der Waals surface area contributed by atoms with E-state index in [1.807, 2.05) is 32.0 Å². The van der Waals surface area contributed by atoms with E-state index in [1.165, 1.54) is 19.1 Å². The first-order valence-corrected chi connectivity index (χ1v) is 23.0. The highest BCUT2D eigenvalue weighted by Crippen LogP contribution is 2.72. The molecule has 0 aromatic heterocycles. The van der Waals surface area contributed by atoms with Crippen molar-refractivity contribution in [1.82, 2.24) is 10.6 Å². The minimum atomic E-state index is -2.36. The summed E-state index contributed by atoms with van der Waals surface area (Å²) in [7, 11) is 0. The molecule has 1 heterocycles. The fourth-order valence-corrected chi connectivity index (χ4v) is 11.9. The number of fused-ring (bicyclic) bond motifs is 7. The third-order valence-electron chi connectivity index (χ3n) is 15.3. The first-order valence-electron chi connectivity index (χ1n) is 23.0. The van der Waals surface area contributed by atoms with Gasteiger partial charge in [0, 0.05) is 40.8 Å². The summed E-state index contributed by atoms with van der Waals surface area (Å²) in [6, 6.07) is 13.1. The number of carbonyl (C=O) groups is 6. The Bertz CT molecular complexity index is 2290. The molecule has 1 aliphatic heterocycles. The molecule has 2 aromatic rings. The Morgan fingerprint density at radius 3 is 2.39 bits per heavy atom. The summed E-state index contributed by atoms with van der Waals surface area (Å²) >= 11 is 0. The number of aliphatic hydroxyl groups is 2. The number of aliphatic hydroxyl groups excluding tert-OH is 2. The van der Waals surface area contributed by atoms with Crippen LogP contribution < -0.4 is 16.0 Å². The molecule has 4 aliphatic carbocycles. The van der Waals surface area contributed by atoms with Gasteiger partial charge < -0.3 is 40.7 Å². The second kappa shape index (κ2) is 19.2. The number of hydrogen-bond donors (Lipinski definition) is 6. The zero-order valence-corrected chi connectivity index (χ0v) is 37.8. The van der Waals surface area contributed by atoms with Gasteiger partial charge in [-0.15, -0.1) is 0 Å². The number of aliphatic carboxylic acids is 1. The standard InChI is InChI=1S/C50H61F2N3O11/c1-5-8-28(6-2)21-42(60)53-26-43(61)55-38(15-16-44(62)63)45(64)54-32-10-7-9-30(20-32)19-29-11-13-31(14-12-29)46-65-41-24-34-35-23-37(51)36-22-33(57)17-18-47(36,3)49(35,52)39(58)25-48(34,4)50(41,66-46)40(59)27-56/h7,9-14,17-18,20,22,28,34-35,37-39,41,46,56,58H,5-6,8,15-16,19,21,23-27H2,1-4H3,(H,53,60)(H,54,64)(H,55,61)(H,62,63)/t28?,34-,35-,37-,38-,39-,41+,46+,47-,48-,49-,50+/m0/s1. The highest BCUT2D eigenvalue weighted by Gasteiger charge is 2.80. The molecular formula is C50H61F2N3O11. The van der Waals surface area contributed by atoms with Gasteiger partial charge in [-0.1, -0.05) is 82.5 Å². The molecule has 0 radical (unpaired) electrons. The van der Waals surface area contributed by atoms with E-state index in [2.05, 4.69) is 16.0 Å². The fraction of sp³-hybridized carbons (Fsp3) is 0.560. The normalized spacial score (nSPS) is 32.7. The lowest BCUT2D eigenvalue weighted by Crippen LogP contribution is -2.70. The monoisotopic (exact) mass is 917 g/mol. The molecule has 12 atom stereocenters.